The summed E-state index contributed by atoms with van der Waals surface area (Å²) in [5.41, 5.74) is 9.46. The zero-order chi connectivity index (χ0) is 22.9. The largest absolute Gasteiger partial charge is 0.301 e. The van der Waals surface area contributed by atoms with Gasteiger partial charge in [0.25, 0.3) is 0 Å². The van der Waals surface area contributed by atoms with Crippen molar-refractivity contribution in [2.45, 2.75) is 19.8 Å². The van der Waals surface area contributed by atoms with Gasteiger partial charge in [-0.1, -0.05) is 96.6 Å². The van der Waals surface area contributed by atoms with Crippen LogP contribution in [0.25, 0.3) is 44.5 Å². The molecule has 6 rings (SSSR count). The fraction of sp³-hybridized carbons (Fsp3) is 0.0938. The monoisotopic (exact) mass is 438 g/mol. The minimum absolute atomic E-state index is 0.936. The highest BCUT2D eigenvalue weighted by molar-refractivity contribution is 5.97. The van der Waals surface area contributed by atoms with E-state index in [4.69, 9.17) is 4.98 Å². The molecule has 164 valence electrons. The Morgan fingerprint density at radius 2 is 1.53 bits per heavy atom. The summed E-state index contributed by atoms with van der Waals surface area (Å²) in [6.07, 6.45) is 11.1. The highest BCUT2D eigenvalue weighted by Gasteiger charge is 2.15. The van der Waals surface area contributed by atoms with Gasteiger partial charge >= 0.3 is 0 Å². The van der Waals surface area contributed by atoms with Crippen LogP contribution in [-0.4, -0.2) is 9.55 Å². The van der Waals surface area contributed by atoms with Gasteiger partial charge in [-0.3, -0.25) is 0 Å². The molecule has 2 heteroatoms. The molecule has 1 aliphatic rings. The van der Waals surface area contributed by atoms with E-state index < -0.39 is 0 Å². The molecule has 34 heavy (non-hydrogen) atoms. The molecule has 2 nitrogen and oxygen atoms in total. The molecular weight excluding hydrogens is 412 g/mol. The van der Waals surface area contributed by atoms with E-state index in [2.05, 4.69) is 127 Å². The summed E-state index contributed by atoms with van der Waals surface area (Å²) in [5.74, 6) is 0.936. The van der Waals surface area contributed by atoms with Crippen molar-refractivity contribution in [1.29, 1.82) is 0 Å². The predicted molar refractivity (Wildman–Crippen MR) is 143 cm³/mol. The lowest BCUT2D eigenvalue weighted by atomic mass is 10.00. The number of nitrogens with zero attached hydrogens (tertiary/aromatic N) is 2. The summed E-state index contributed by atoms with van der Waals surface area (Å²) >= 11 is 0. The highest BCUT2D eigenvalue weighted by Crippen LogP contribution is 2.34. The lowest BCUT2D eigenvalue weighted by molar-refractivity contribution is 1.02. The molecule has 0 saturated heterocycles. The molecule has 0 fully saturated rings. The molecule has 0 radical (unpaired) electrons. The molecule has 0 N–H and O–H groups in total. The average molecular weight is 439 g/mol. The van der Waals surface area contributed by atoms with Crippen molar-refractivity contribution in [2.24, 2.45) is 0 Å². The topological polar surface area (TPSA) is 17.8 Å². The van der Waals surface area contributed by atoms with Crippen LogP contribution in [0.4, 0.5) is 0 Å². The van der Waals surface area contributed by atoms with E-state index >= 15 is 0 Å². The fourth-order valence-electron chi connectivity index (χ4n) is 4.72. The van der Waals surface area contributed by atoms with Crippen LogP contribution in [0.15, 0.2) is 115 Å². The van der Waals surface area contributed by atoms with Crippen LogP contribution in [0, 0.1) is 6.92 Å². The van der Waals surface area contributed by atoms with E-state index in [1.165, 1.54) is 38.8 Å². The van der Waals surface area contributed by atoms with Gasteiger partial charge < -0.3 is 4.57 Å². The maximum absolute atomic E-state index is 5.17. The Balaban J connectivity index is 1.58. The molecule has 1 aliphatic carbocycles. The second kappa shape index (κ2) is 8.64. The SMILES string of the molecule is Cc1ccc(-c2cn(-c3cc(-c4ccccc4)cc(C4=CCCC=C4)n3)c3ccccc23)cc1. The molecule has 0 saturated carbocycles. The Bertz CT molecular complexity index is 1530. The standard InChI is InChI=1S/C32H26N2/c1-23-16-18-25(19-17-23)29-22-34(31-15-9-8-14-28(29)31)32-21-27(24-10-4-2-5-11-24)20-30(33-32)26-12-6-3-7-13-26/h2,4-6,8-22H,3,7H2,1H3. The molecule has 0 unspecified atom stereocenters. The molecule has 0 atom stereocenters. The third-order valence-electron chi connectivity index (χ3n) is 6.53. The van der Waals surface area contributed by atoms with Crippen molar-refractivity contribution in [3.05, 3.63) is 127 Å². The Morgan fingerprint density at radius 3 is 2.32 bits per heavy atom. The Hall–Kier alpha value is -4.17. The maximum atomic E-state index is 5.17. The smallest absolute Gasteiger partial charge is 0.138 e. The average Bonchev–Trinajstić information content (AvgIpc) is 3.30. The summed E-state index contributed by atoms with van der Waals surface area (Å²) in [5, 5.41) is 1.23. The molecular formula is C32H26N2. The second-order valence-electron chi connectivity index (χ2n) is 8.90. The van der Waals surface area contributed by atoms with Crippen LogP contribution in [0.1, 0.15) is 24.1 Å². The first-order valence-corrected chi connectivity index (χ1v) is 11.9. The maximum Gasteiger partial charge on any atom is 0.138 e. The van der Waals surface area contributed by atoms with E-state index in [0.29, 0.717) is 0 Å². The second-order valence-corrected chi connectivity index (χ2v) is 8.90. The van der Waals surface area contributed by atoms with Gasteiger partial charge in [-0.25, -0.2) is 4.98 Å². The van der Waals surface area contributed by atoms with Crippen LogP contribution >= 0.6 is 0 Å². The quantitative estimate of drug-likeness (QED) is 0.275. The fourth-order valence-corrected chi connectivity index (χ4v) is 4.72. The van der Waals surface area contributed by atoms with Crippen molar-refractivity contribution in [3.63, 3.8) is 0 Å². The van der Waals surface area contributed by atoms with Crippen LogP contribution < -0.4 is 0 Å². The van der Waals surface area contributed by atoms with Crippen LogP contribution in [0.5, 0.6) is 0 Å². The molecule has 0 spiro atoms. The summed E-state index contributed by atoms with van der Waals surface area (Å²) in [6, 6.07) is 32.4. The van der Waals surface area contributed by atoms with Crippen molar-refractivity contribution in [2.75, 3.05) is 0 Å². The third-order valence-corrected chi connectivity index (χ3v) is 6.53. The number of fused-ring (bicyclic) bond motifs is 1. The molecule has 0 amide bonds. The summed E-state index contributed by atoms with van der Waals surface area (Å²) < 4.78 is 2.24. The van der Waals surface area contributed by atoms with Gasteiger partial charge in [-0.05, 0) is 60.2 Å². The zero-order valence-electron chi connectivity index (χ0n) is 19.3. The van der Waals surface area contributed by atoms with Gasteiger partial charge in [-0.2, -0.15) is 0 Å². The first-order chi connectivity index (χ1) is 16.8. The van der Waals surface area contributed by atoms with E-state index in [-0.39, 0.29) is 0 Å². The first-order valence-electron chi connectivity index (χ1n) is 11.9. The molecule has 5 aromatic rings. The number of hydrogen-bond acceptors (Lipinski definition) is 1. The van der Waals surface area contributed by atoms with E-state index in [0.717, 1.165) is 29.9 Å². The third kappa shape index (κ3) is 3.78. The van der Waals surface area contributed by atoms with Crippen molar-refractivity contribution in [1.82, 2.24) is 9.55 Å². The van der Waals surface area contributed by atoms with Crippen molar-refractivity contribution < 1.29 is 0 Å². The normalized spacial score (nSPS) is 13.3. The van der Waals surface area contributed by atoms with Gasteiger partial charge in [0.2, 0.25) is 0 Å². The van der Waals surface area contributed by atoms with Gasteiger partial charge in [-0.15, -0.1) is 0 Å². The molecule has 0 aliphatic heterocycles. The van der Waals surface area contributed by atoms with E-state index in [1.807, 2.05) is 0 Å². The number of para-hydroxylation sites is 1. The number of benzene rings is 3. The number of rotatable bonds is 4. The lowest BCUT2D eigenvalue weighted by Gasteiger charge is -2.13. The predicted octanol–water partition coefficient (Wildman–Crippen LogP) is 8.40. The minimum Gasteiger partial charge on any atom is -0.301 e. The zero-order valence-corrected chi connectivity index (χ0v) is 19.3. The van der Waals surface area contributed by atoms with Gasteiger partial charge in [0.15, 0.2) is 0 Å². The van der Waals surface area contributed by atoms with E-state index in [9.17, 15) is 0 Å². The van der Waals surface area contributed by atoms with Crippen LogP contribution in [0.2, 0.25) is 0 Å². The summed E-state index contributed by atoms with van der Waals surface area (Å²) in [6.45, 7) is 2.13. The number of pyridine rings is 1. The van der Waals surface area contributed by atoms with Crippen LogP contribution in [-0.2, 0) is 0 Å². The lowest BCUT2D eigenvalue weighted by Crippen LogP contribution is -2.01. The molecule has 2 aromatic heterocycles. The van der Waals surface area contributed by atoms with Gasteiger partial charge in [0, 0.05) is 17.1 Å². The minimum atomic E-state index is 0.936. The van der Waals surface area contributed by atoms with E-state index in [1.54, 1.807) is 0 Å². The Labute approximate surface area is 200 Å². The van der Waals surface area contributed by atoms with Gasteiger partial charge in [0.1, 0.15) is 5.82 Å². The Kier molecular flexibility index (Phi) is 5.20. The Morgan fingerprint density at radius 1 is 0.735 bits per heavy atom. The van der Waals surface area contributed by atoms with Gasteiger partial charge in [0.05, 0.1) is 11.2 Å². The molecule has 3 aromatic carbocycles. The number of aromatic nitrogens is 2. The number of aryl methyl sites for hydroxylation is 1. The first kappa shape index (κ1) is 20.4. The van der Waals surface area contributed by atoms with Crippen molar-refractivity contribution in [3.8, 4) is 28.1 Å². The number of hydrogen-bond donors (Lipinski definition) is 0. The number of allylic oxidation sites excluding steroid dienone is 4. The van der Waals surface area contributed by atoms with Crippen LogP contribution in [0.3, 0.4) is 0 Å². The summed E-state index contributed by atoms with van der Waals surface area (Å²) in [4.78, 5) is 5.17. The molecule has 0 bridgehead atoms. The summed E-state index contributed by atoms with van der Waals surface area (Å²) in [7, 11) is 0. The van der Waals surface area contributed by atoms with Crippen molar-refractivity contribution >= 4 is 16.5 Å². The molecule has 2 heterocycles. The highest BCUT2D eigenvalue weighted by atomic mass is 15.1.